The first-order chi connectivity index (χ1) is 7.38. The Balaban J connectivity index is 1.91. The van der Waals surface area contributed by atoms with Gasteiger partial charge in [0.1, 0.15) is 5.01 Å². The average molecular weight is 224 g/mol. The molecule has 15 heavy (non-hydrogen) atoms. The number of hydrogen-bond acceptors (Lipinski definition) is 4. The molecular formula is C11H16N2OS. The second-order valence-corrected chi connectivity index (χ2v) is 5.11. The van der Waals surface area contributed by atoms with E-state index in [4.69, 9.17) is 0 Å². The maximum absolute atomic E-state index is 10.5. The molecular weight excluding hydrogens is 208 g/mol. The number of carbonyl (C=O) groups is 1. The number of aromatic nitrogens is 1. The van der Waals surface area contributed by atoms with Crippen LogP contribution in [0.1, 0.15) is 40.4 Å². The SMILES string of the molecule is O=Cc1cnc(CN2CCCCCC2)s1. The van der Waals surface area contributed by atoms with Crippen molar-refractivity contribution in [2.24, 2.45) is 0 Å². The molecule has 1 aromatic rings. The summed E-state index contributed by atoms with van der Waals surface area (Å²) >= 11 is 1.51. The molecule has 0 saturated carbocycles. The van der Waals surface area contributed by atoms with Gasteiger partial charge in [-0.15, -0.1) is 11.3 Å². The van der Waals surface area contributed by atoms with E-state index in [-0.39, 0.29) is 0 Å². The summed E-state index contributed by atoms with van der Waals surface area (Å²) in [6, 6.07) is 0. The highest BCUT2D eigenvalue weighted by molar-refractivity contribution is 7.13. The molecule has 0 amide bonds. The molecule has 1 fully saturated rings. The number of hydrogen-bond donors (Lipinski definition) is 0. The van der Waals surface area contributed by atoms with Crippen molar-refractivity contribution >= 4 is 17.6 Å². The Morgan fingerprint density at radius 3 is 2.67 bits per heavy atom. The van der Waals surface area contributed by atoms with E-state index in [9.17, 15) is 4.79 Å². The zero-order valence-electron chi connectivity index (χ0n) is 8.82. The molecule has 4 heteroatoms. The fourth-order valence-electron chi connectivity index (χ4n) is 1.94. The maximum atomic E-state index is 10.5. The van der Waals surface area contributed by atoms with Crippen molar-refractivity contribution in [2.75, 3.05) is 13.1 Å². The molecule has 1 aliphatic rings. The Morgan fingerprint density at radius 1 is 1.33 bits per heavy atom. The summed E-state index contributed by atoms with van der Waals surface area (Å²) in [7, 11) is 0. The van der Waals surface area contributed by atoms with Crippen molar-refractivity contribution in [3.05, 3.63) is 16.1 Å². The molecule has 1 aliphatic heterocycles. The fourth-order valence-corrected chi connectivity index (χ4v) is 2.72. The van der Waals surface area contributed by atoms with Gasteiger partial charge in [0.25, 0.3) is 0 Å². The van der Waals surface area contributed by atoms with Crippen molar-refractivity contribution in [1.82, 2.24) is 9.88 Å². The minimum Gasteiger partial charge on any atom is -0.297 e. The monoisotopic (exact) mass is 224 g/mol. The summed E-state index contributed by atoms with van der Waals surface area (Å²) in [5.74, 6) is 0. The van der Waals surface area contributed by atoms with Crippen molar-refractivity contribution < 1.29 is 4.79 Å². The van der Waals surface area contributed by atoms with Gasteiger partial charge < -0.3 is 0 Å². The highest BCUT2D eigenvalue weighted by atomic mass is 32.1. The zero-order chi connectivity index (χ0) is 10.5. The van der Waals surface area contributed by atoms with E-state index >= 15 is 0 Å². The molecule has 1 aromatic heterocycles. The molecule has 3 nitrogen and oxygen atoms in total. The minimum atomic E-state index is 0.736. The van der Waals surface area contributed by atoms with Gasteiger partial charge in [-0.1, -0.05) is 12.8 Å². The molecule has 0 radical (unpaired) electrons. The van der Waals surface area contributed by atoms with Crippen LogP contribution in [0.2, 0.25) is 0 Å². The predicted molar refractivity (Wildman–Crippen MR) is 61.2 cm³/mol. The maximum Gasteiger partial charge on any atom is 0.161 e. The van der Waals surface area contributed by atoms with Gasteiger partial charge in [0, 0.05) is 6.20 Å². The van der Waals surface area contributed by atoms with Crippen LogP contribution in [-0.2, 0) is 6.54 Å². The number of nitrogens with zero attached hydrogens (tertiary/aromatic N) is 2. The van der Waals surface area contributed by atoms with Gasteiger partial charge in [-0.05, 0) is 25.9 Å². The molecule has 0 atom stereocenters. The zero-order valence-corrected chi connectivity index (χ0v) is 9.63. The lowest BCUT2D eigenvalue weighted by Crippen LogP contribution is -2.23. The summed E-state index contributed by atoms with van der Waals surface area (Å²) in [5, 5.41) is 1.07. The summed E-state index contributed by atoms with van der Waals surface area (Å²) < 4.78 is 0. The van der Waals surface area contributed by atoms with E-state index < -0.39 is 0 Å². The van der Waals surface area contributed by atoms with Gasteiger partial charge >= 0.3 is 0 Å². The van der Waals surface area contributed by atoms with Crippen molar-refractivity contribution in [2.45, 2.75) is 32.2 Å². The first-order valence-corrected chi connectivity index (χ1v) is 6.32. The van der Waals surface area contributed by atoms with E-state index in [1.54, 1.807) is 6.20 Å². The molecule has 2 heterocycles. The van der Waals surface area contributed by atoms with Crippen LogP contribution < -0.4 is 0 Å². The first kappa shape index (κ1) is 10.8. The van der Waals surface area contributed by atoms with Gasteiger partial charge in [-0.25, -0.2) is 4.98 Å². The van der Waals surface area contributed by atoms with Crippen LogP contribution in [0.3, 0.4) is 0 Å². The molecule has 0 unspecified atom stereocenters. The normalized spacial score (nSPS) is 18.7. The summed E-state index contributed by atoms with van der Waals surface area (Å²) in [6.07, 6.45) is 7.86. The van der Waals surface area contributed by atoms with Gasteiger partial charge in [0.15, 0.2) is 6.29 Å². The topological polar surface area (TPSA) is 33.2 Å². The molecule has 82 valence electrons. The predicted octanol–water partition coefficient (Wildman–Crippen LogP) is 2.33. The van der Waals surface area contributed by atoms with Crippen LogP contribution in [0, 0.1) is 0 Å². The van der Waals surface area contributed by atoms with E-state index in [2.05, 4.69) is 9.88 Å². The number of carbonyl (C=O) groups excluding carboxylic acids is 1. The Morgan fingerprint density at radius 2 is 2.07 bits per heavy atom. The standard InChI is InChI=1S/C11H16N2OS/c14-9-10-7-12-11(15-10)8-13-5-3-1-2-4-6-13/h7,9H,1-6,8H2. The van der Waals surface area contributed by atoms with Gasteiger partial charge in [-0.2, -0.15) is 0 Å². The van der Waals surface area contributed by atoms with Gasteiger partial charge in [-0.3, -0.25) is 9.69 Å². The average Bonchev–Trinajstić information content (AvgIpc) is 2.54. The lowest BCUT2D eigenvalue weighted by molar-refractivity contribution is 0.112. The van der Waals surface area contributed by atoms with Crippen molar-refractivity contribution in [3.8, 4) is 0 Å². The second kappa shape index (κ2) is 5.37. The summed E-state index contributed by atoms with van der Waals surface area (Å²) in [4.78, 5) is 18.0. The molecule has 0 bridgehead atoms. The highest BCUT2D eigenvalue weighted by Crippen LogP contribution is 2.16. The number of thiazole rings is 1. The molecule has 0 aliphatic carbocycles. The van der Waals surface area contributed by atoms with Crippen molar-refractivity contribution in [3.63, 3.8) is 0 Å². The number of rotatable bonds is 3. The van der Waals surface area contributed by atoms with E-state index in [1.807, 2.05) is 0 Å². The summed E-state index contributed by atoms with van der Waals surface area (Å²) in [6.45, 7) is 3.27. The fraction of sp³-hybridized carbons (Fsp3) is 0.636. The molecule has 0 aromatic carbocycles. The van der Waals surface area contributed by atoms with Crippen LogP contribution in [0.15, 0.2) is 6.20 Å². The molecule has 1 saturated heterocycles. The van der Waals surface area contributed by atoms with Crippen LogP contribution in [0.4, 0.5) is 0 Å². The third kappa shape index (κ3) is 3.11. The Bertz CT molecular complexity index is 316. The Labute approximate surface area is 94.1 Å². The Hall–Kier alpha value is -0.740. The number of likely N-dealkylation sites (tertiary alicyclic amines) is 1. The van der Waals surface area contributed by atoms with E-state index in [0.717, 1.165) is 22.7 Å². The largest absolute Gasteiger partial charge is 0.297 e. The van der Waals surface area contributed by atoms with Crippen LogP contribution in [0.25, 0.3) is 0 Å². The lowest BCUT2D eigenvalue weighted by Gasteiger charge is -2.17. The van der Waals surface area contributed by atoms with E-state index in [1.165, 1.54) is 50.1 Å². The lowest BCUT2D eigenvalue weighted by atomic mass is 10.2. The minimum absolute atomic E-state index is 0.736. The highest BCUT2D eigenvalue weighted by Gasteiger charge is 2.11. The third-order valence-electron chi connectivity index (χ3n) is 2.75. The molecule has 0 spiro atoms. The Kier molecular flexibility index (Phi) is 3.86. The molecule has 2 rings (SSSR count). The number of aldehydes is 1. The smallest absolute Gasteiger partial charge is 0.161 e. The molecule has 0 N–H and O–H groups in total. The summed E-state index contributed by atoms with van der Waals surface area (Å²) in [5.41, 5.74) is 0. The van der Waals surface area contributed by atoms with Gasteiger partial charge in [0.2, 0.25) is 0 Å². The van der Waals surface area contributed by atoms with Crippen LogP contribution in [0.5, 0.6) is 0 Å². The van der Waals surface area contributed by atoms with Crippen LogP contribution >= 0.6 is 11.3 Å². The van der Waals surface area contributed by atoms with Crippen LogP contribution in [-0.4, -0.2) is 29.3 Å². The quantitative estimate of drug-likeness (QED) is 0.739. The first-order valence-electron chi connectivity index (χ1n) is 5.51. The van der Waals surface area contributed by atoms with Gasteiger partial charge in [0.05, 0.1) is 11.4 Å². The second-order valence-electron chi connectivity index (χ2n) is 3.96. The van der Waals surface area contributed by atoms with Crippen molar-refractivity contribution in [1.29, 1.82) is 0 Å². The van der Waals surface area contributed by atoms with E-state index in [0.29, 0.717) is 0 Å². The third-order valence-corrected chi connectivity index (χ3v) is 3.65.